The van der Waals surface area contributed by atoms with Crippen molar-refractivity contribution in [3.63, 3.8) is 0 Å². The molecule has 4 saturated heterocycles. The number of ether oxygens (including phenoxy) is 1. The third kappa shape index (κ3) is 18.8. The molecular formula is C81H129N7O6. The lowest BCUT2D eigenvalue weighted by Crippen LogP contribution is -2.48. The predicted molar refractivity (Wildman–Crippen MR) is 386 cm³/mol. The number of benzene rings is 3. The van der Waals surface area contributed by atoms with Crippen LogP contribution in [0.3, 0.4) is 0 Å². The number of carbonyl (C=O) groups excluding carboxylic acids is 5. The molecule has 13 heteroatoms. The maximum absolute atomic E-state index is 13.3. The van der Waals surface area contributed by atoms with E-state index in [9.17, 15) is 24.0 Å². The Bertz CT molecular complexity index is 2990. The van der Waals surface area contributed by atoms with Crippen LogP contribution in [0.5, 0.6) is 0 Å². The van der Waals surface area contributed by atoms with Crippen LogP contribution in [0.1, 0.15) is 272 Å². The quantitative estimate of drug-likeness (QED) is 0.135. The number of ketones is 1. The van der Waals surface area contributed by atoms with Gasteiger partial charge in [-0.2, -0.15) is 0 Å². The van der Waals surface area contributed by atoms with Crippen LogP contribution in [-0.2, 0) is 45.0 Å². The van der Waals surface area contributed by atoms with E-state index >= 15 is 0 Å². The Balaban J connectivity index is 0.000000201. The van der Waals surface area contributed by atoms with E-state index in [1.165, 1.54) is 150 Å². The van der Waals surface area contributed by atoms with E-state index in [4.69, 9.17) is 4.74 Å². The SMILES string of the molecule is CC(=O)NCCC(=O)N[C@@H]1CCC2(CCN(CCC(C)(C)C)CC2)c2ccccc21.CCN(C(=O)C1CCOC1)[C@H]1CCC2(CCN(CCC(C)(C)C)CC2)c2ccccc21.CCN(C(=O)CC1CCCC1=O)[C@H]1CCC2(CCN(CCC(C)(C)C)CC2)c2ccccc21.[HH].[HH]. The fraction of sp³-hybridized carbons (Fsp3) is 0.716. The largest absolute Gasteiger partial charge is 0.381 e. The molecule has 4 amide bonds. The van der Waals surface area contributed by atoms with Crippen LogP contribution in [0.2, 0.25) is 0 Å². The summed E-state index contributed by atoms with van der Waals surface area (Å²) in [6.45, 7) is 40.6. The number of likely N-dealkylation sites (tertiary alicyclic amines) is 3. The summed E-state index contributed by atoms with van der Waals surface area (Å²) in [5, 5.41) is 5.91. The summed E-state index contributed by atoms with van der Waals surface area (Å²) in [5.74, 6) is 0.681. The molecule has 94 heavy (non-hydrogen) atoms. The minimum absolute atomic E-state index is 0. The number of piperidine rings is 3. The number of carbonyl (C=O) groups is 5. The highest BCUT2D eigenvalue weighted by Crippen LogP contribution is 2.53. The number of nitrogens with one attached hydrogen (secondary N) is 2. The highest BCUT2D eigenvalue weighted by atomic mass is 16.5. The van der Waals surface area contributed by atoms with Gasteiger partial charge in [0.25, 0.3) is 0 Å². The van der Waals surface area contributed by atoms with Crippen molar-refractivity contribution in [3.8, 4) is 0 Å². The monoisotopic (exact) mass is 1300 g/mol. The number of amides is 4. The minimum Gasteiger partial charge on any atom is -0.381 e. The third-order valence-corrected chi connectivity index (χ3v) is 23.6. The van der Waals surface area contributed by atoms with Crippen molar-refractivity contribution in [3.05, 3.63) is 106 Å². The van der Waals surface area contributed by atoms with Gasteiger partial charge in [-0.3, -0.25) is 24.0 Å². The molecular weight excluding hydrogens is 1170 g/mol. The van der Waals surface area contributed by atoms with E-state index in [2.05, 4.69) is 184 Å². The zero-order valence-corrected chi connectivity index (χ0v) is 60.7. The number of nitrogens with zero attached hydrogens (tertiary/aromatic N) is 5. The minimum atomic E-state index is -0.0957. The maximum atomic E-state index is 13.3. The molecule has 1 saturated carbocycles. The third-order valence-electron chi connectivity index (χ3n) is 23.6. The summed E-state index contributed by atoms with van der Waals surface area (Å²) in [7, 11) is 0. The van der Waals surface area contributed by atoms with Gasteiger partial charge in [0.1, 0.15) is 5.78 Å². The highest BCUT2D eigenvalue weighted by Gasteiger charge is 2.47. The van der Waals surface area contributed by atoms with Gasteiger partial charge >= 0.3 is 0 Å². The van der Waals surface area contributed by atoms with Crippen LogP contribution in [0.15, 0.2) is 72.8 Å². The molecule has 2 N–H and O–H groups in total. The van der Waals surface area contributed by atoms with Gasteiger partial charge in [0, 0.05) is 61.2 Å². The van der Waals surface area contributed by atoms with Gasteiger partial charge in [0.15, 0.2) is 0 Å². The highest BCUT2D eigenvalue weighted by molar-refractivity contribution is 5.88. The summed E-state index contributed by atoms with van der Waals surface area (Å²) in [5.41, 5.74) is 10.5. The number of Topliss-reactive ketones (excluding diaryl/α,β-unsaturated/α-hetero) is 1. The standard InChI is InChI=1S/C29H44N2O2.C27H42N2O2.C25H39N3O2.2H2/c1-5-31(27(33)21-22-9-8-12-26(22)32)25-13-14-29(24-11-7-6-10-23(24)25)16-19-30(20-17-29)18-15-28(2,3)4;1-5-29(25(30)21-11-19-31-20-21)24-10-12-27(23-9-7-6-8-22(23)24)14-17-28(18-15-27)16-13-26(2,3)4;1-19(29)26-15-10-23(30)27-22-9-11-25(21-8-6-5-7-20(21)22)13-17-28(18-14-25)16-12-24(2,3)4;;/h6-7,10-11,22,25H,5,8-9,12-21H2,1-4H3;6-9,21,24H,5,10-20H2,1-4H3;5-8,22H,9-18H2,1-4H3,(H,26,29)(H,27,30);2*1H/t22?,25-;21?,24-;22-;;/m001../s1. The molecule has 4 aliphatic heterocycles. The summed E-state index contributed by atoms with van der Waals surface area (Å²) < 4.78 is 5.52. The Kier molecular flexibility index (Phi) is 25.1. The van der Waals surface area contributed by atoms with E-state index in [0.717, 1.165) is 77.6 Å². The zero-order chi connectivity index (χ0) is 67.5. The fourth-order valence-electron chi connectivity index (χ4n) is 17.5. The van der Waals surface area contributed by atoms with Crippen molar-refractivity contribution in [2.24, 2.45) is 28.1 Å². The molecule has 4 heterocycles. The van der Waals surface area contributed by atoms with Crippen molar-refractivity contribution in [2.75, 3.05) is 91.8 Å². The Labute approximate surface area is 571 Å². The molecule has 3 spiro atoms. The smallest absolute Gasteiger partial charge is 0.228 e. The number of hydrogen-bond acceptors (Lipinski definition) is 9. The van der Waals surface area contributed by atoms with Crippen molar-refractivity contribution >= 4 is 29.4 Å². The fourth-order valence-corrected chi connectivity index (χ4v) is 17.5. The second-order valence-corrected chi connectivity index (χ2v) is 33.7. The average Bonchev–Trinajstić information content (AvgIpc) is 0.897. The molecule has 0 aromatic heterocycles. The molecule has 0 bridgehead atoms. The summed E-state index contributed by atoms with van der Waals surface area (Å²) in [6.07, 6.45) is 21.8. The first kappa shape index (κ1) is 73.3. The first-order valence-electron chi connectivity index (χ1n) is 37.4. The van der Waals surface area contributed by atoms with Gasteiger partial charge in [-0.25, -0.2) is 0 Å². The molecule has 524 valence electrons. The molecule has 13 nitrogen and oxygen atoms in total. The van der Waals surface area contributed by atoms with E-state index in [1.807, 2.05) is 0 Å². The normalized spacial score (nSPS) is 24.2. The maximum Gasteiger partial charge on any atom is 0.228 e. The molecule has 11 rings (SSSR count). The van der Waals surface area contributed by atoms with E-state index in [1.54, 1.807) is 0 Å². The topological polar surface area (TPSA) is 135 Å². The van der Waals surface area contributed by atoms with E-state index in [-0.39, 0.29) is 61.4 Å². The molecule has 0 radical (unpaired) electrons. The number of hydrogen-bond donors (Lipinski definition) is 2. The van der Waals surface area contributed by atoms with Gasteiger partial charge in [0.05, 0.1) is 30.7 Å². The molecule has 5 fully saturated rings. The van der Waals surface area contributed by atoms with Gasteiger partial charge < -0.3 is 39.9 Å². The molecule has 3 aromatic rings. The zero-order valence-electron chi connectivity index (χ0n) is 60.7. The second-order valence-electron chi connectivity index (χ2n) is 33.7. The van der Waals surface area contributed by atoms with Crippen LogP contribution in [0, 0.1) is 28.1 Å². The summed E-state index contributed by atoms with van der Waals surface area (Å²) in [4.78, 5) is 74.4. The second kappa shape index (κ2) is 32.2. The van der Waals surface area contributed by atoms with Crippen molar-refractivity contribution in [2.45, 2.75) is 252 Å². The Morgan fingerprint density at radius 1 is 0.564 bits per heavy atom. The summed E-state index contributed by atoms with van der Waals surface area (Å²) >= 11 is 0. The lowest BCUT2D eigenvalue weighted by molar-refractivity contribution is -0.138. The number of rotatable bonds is 17. The van der Waals surface area contributed by atoms with Crippen LogP contribution in [-0.4, -0.2) is 146 Å². The first-order valence-corrected chi connectivity index (χ1v) is 37.4. The lowest BCUT2D eigenvalue weighted by atomic mass is 9.63. The van der Waals surface area contributed by atoms with Crippen LogP contribution in [0.25, 0.3) is 0 Å². The Hall–Kier alpha value is -4.95. The molecule has 3 aromatic carbocycles. The van der Waals surface area contributed by atoms with Gasteiger partial charge in [-0.05, 0) is 254 Å². The molecule has 8 aliphatic rings. The van der Waals surface area contributed by atoms with Gasteiger partial charge in [-0.15, -0.1) is 0 Å². The Morgan fingerprint density at radius 3 is 1.39 bits per heavy atom. The molecule has 4 aliphatic carbocycles. The average molecular weight is 1300 g/mol. The van der Waals surface area contributed by atoms with Crippen LogP contribution >= 0.6 is 0 Å². The van der Waals surface area contributed by atoms with Crippen molar-refractivity contribution in [1.82, 2.24) is 35.1 Å². The molecule has 5 atom stereocenters. The first-order chi connectivity index (χ1) is 44.7. The van der Waals surface area contributed by atoms with Crippen molar-refractivity contribution in [1.29, 1.82) is 0 Å². The Morgan fingerprint density at radius 2 is 0.989 bits per heavy atom. The lowest BCUT2D eigenvalue weighted by Gasteiger charge is -2.49. The van der Waals surface area contributed by atoms with Crippen molar-refractivity contribution < 1.29 is 31.6 Å². The van der Waals surface area contributed by atoms with Crippen LogP contribution in [0.4, 0.5) is 0 Å². The predicted octanol–water partition coefficient (Wildman–Crippen LogP) is 15.5. The van der Waals surface area contributed by atoms with Crippen LogP contribution < -0.4 is 10.6 Å². The number of fused-ring (bicyclic) bond motifs is 6. The van der Waals surface area contributed by atoms with E-state index < -0.39 is 0 Å². The summed E-state index contributed by atoms with van der Waals surface area (Å²) in [6, 6.07) is 27.1. The van der Waals surface area contributed by atoms with Gasteiger partial charge in [-0.1, -0.05) is 135 Å². The van der Waals surface area contributed by atoms with Gasteiger partial charge in [0.2, 0.25) is 23.6 Å². The van der Waals surface area contributed by atoms with E-state index in [0.29, 0.717) is 72.3 Å². The molecule has 2 unspecified atom stereocenters.